The standard InChI is InChI=1S/C11H6BrClFN3O/c12-6-2-1-3-7(14)9(6)10(18)16-8-4-5-15-11(13)17-8/h1-5H,(H,15,16,17,18). The van der Waals surface area contributed by atoms with Crippen molar-refractivity contribution in [1.82, 2.24) is 9.97 Å². The third-order valence-corrected chi connectivity index (χ3v) is 2.90. The molecule has 0 unspecified atom stereocenters. The lowest BCUT2D eigenvalue weighted by atomic mass is 10.2. The van der Waals surface area contributed by atoms with Crippen LogP contribution in [0.5, 0.6) is 0 Å². The second-order valence-electron chi connectivity index (χ2n) is 3.26. The Hall–Kier alpha value is -1.53. The van der Waals surface area contributed by atoms with E-state index in [0.717, 1.165) is 0 Å². The van der Waals surface area contributed by atoms with Gasteiger partial charge in [0.15, 0.2) is 0 Å². The normalized spacial score (nSPS) is 10.2. The molecule has 92 valence electrons. The van der Waals surface area contributed by atoms with Crippen molar-refractivity contribution in [2.75, 3.05) is 5.32 Å². The molecule has 0 aliphatic rings. The minimum Gasteiger partial charge on any atom is -0.306 e. The Morgan fingerprint density at radius 2 is 2.17 bits per heavy atom. The number of anilines is 1. The summed E-state index contributed by atoms with van der Waals surface area (Å²) in [6.45, 7) is 0. The first-order valence-corrected chi connectivity index (χ1v) is 5.99. The Morgan fingerprint density at radius 3 is 2.83 bits per heavy atom. The molecule has 2 aromatic rings. The zero-order valence-corrected chi connectivity index (χ0v) is 11.2. The Kier molecular flexibility index (Phi) is 3.88. The molecule has 0 atom stereocenters. The van der Waals surface area contributed by atoms with Gasteiger partial charge in [0.2, 0.25) is 5.28 Å². The van der Waals surface area contributed by atoms with Gasteiger partial charge in [0.25, 0.3) is 5.91 Å². The highest BCUT2D eigenvalue weighted by atomic mass is 79.9. The first kappa shape index (κ1) is 12.9. The molecule has 4 nitrogen and oxygen atoms in total. The van der Waals surface area contributed by atoms with E-state index in [2.05, 4.69) is 31.2 Å². The van der Waals surface area contributed by atoms with Crippen LogP contribution in [-0.4, -0.2) is 15.9 Å². The molecule has 0 saturated heterocycles. The van der Waals surface area contributed by atoms with Crippen molar-refractivity contribution < 1.29 is 9.18 Å². The maximum absolute atomic E-state index is 13.5. The van der Waals surface area contributed by atoms with Crippen molar-refractivity contribution in [3.63, 3.8) is 0 Å². The number of carbonyl (C=O) groups excluding carboxylic acids is 1. The number of hydrogen-bond acceptors (Lipinski definition) is 3. The number of carbonyl (C=O) groups is 1. The number of rotatable bonds is 2. The minimum atomic E-state index is -0.623. The highest BCUT2D eigenvalue weighted by Gasteiger charge is 2.15. The van der Waals surface area contributed by atoms with Crippen LogP contribution in [0.2, 0.25) is 5.28 Å². The van der Waals surface area contributed by atoms with E-state index in [1.54, 1.807) is 6.07 Å². The molecule has 0 aliphatic heterocycles. The monoisotopic (exact) mass is 329 g/mol. The van der Waals surface area contributed by atoms with E-state index in [1.165, 1.54) is 24.4 Å². The molecule has 18 heavy (non-hydrogen) atoms. The topological polar surface area (TPSA) is 54.9 Å². The van der Waals surface area contributed by atoms with Crippen LogP contribution in [0.15, 0.2) is 34.9 Å². The Bertz CT molecular complexity index is 588. The summed E-state index contributed by atoms with van der Waals surface area (Å²) in [5.74, 6) is -1.04. The minimum absolute atomic E-state index is 0.000370. The lowest BCUT2D eigenvalue weighted by Gasteiger charge is -2.06. The summed E-state index contributed by atoms with van der Waals surface area (Å²) >= 11 is 8.70. The molecule has 0 saturated carbocycles. The molecule has 2 rings (SSSR count). The van der Waals surface area contributed by atoms with Gasteiger partial charge in [-0.3, -0.25) is 4.79 Å². The molecular formula is C11H6BrClFN3O. The van der Waals surface area contributed by atoms with Crippen LogP contribution in [0.1, 0.15) is 10.4 Å². The highest BCUT2D eigenvalue weighted by molar-refractivity contribution is 9.10. The zero-order chi connectivity index (χ0) is 13.1. The summed E-state index contributed by atoms with van der Waals surface area (Å²) in [6.07, 6.45) is 1.39. The smallest absolute Gasteiger partial charge is 0.260 e. The van der Waals surface area contributed by atoms with Crippen molar-refractivity contribution in [2.45, 2.75) is 0 Å². The van der Waals surface area contributed by atoms with Crippen molar-refractivity contribution in [2.24, 2.45) is 0 Å². The van der Waals surface area contributed by atoms with Gasteiger partial charge in [-0.2, -0.15) is 0 Å². The van der Waals surface area contributed by atoms with Gasteiger partial charge >= 0.3 is 0 Å². The van der Waals surface area contributed by atoms with E-state index in [0.29, 0.717) is 4.47 Å². The Morgan fingerprint density at radius 1 is 1.39 bits per heavy atom. The van der Waals surface area contributed by atoms with E-state index < -0.39 is 11.7 Å². The summed E-state index contributed by atoms with van der Waals surface area (Å²) < 4.78 is 13.9. The summed E-state index contributed by atoms with van der Waals surface area (Å²) in [5.41, 5.74) is -0.0905. The molecular weight excluding hydrogens is 324 g/mol. The Balaban J connectivity index is 2.28. The summed E-state index contributed by atoms with van der Waals surface area (Å²) in [4.78, 5) is 19.3. The van der Waals surface area contributed by atoms with Gasteiger partial charge in [-0.25, -0.2) is 14.4 Å². The second kappa shape index (κ2) is 5.41. The van der Waals surface area contributed by atoms with Gasteiger partial charge in [-0.05, 0) is 45.7 Å². The Labute approximate surface area is 115 Å². The van der Waals surface area contributed by atoms with Crippen molar-refractivity contribution in [1.29, 1.82) is 0 Å². The van der Waals surface area contributed by atoms with E-state index in [1.807, 2.05) is 0 Å². The van der Waals surface area contributed by atoms with Crippen LogP contribution in [0.3, 0.4) is 0 Å². The summed E-state index contributed by atoms with van der Waals surface area (Å²) in [6, 6.07) is 5.73. The number of aromatic nitrogens is 2. The molecule has 7 heteroatoms. The molecule has 0 fully saturated rings. The maximum Gasteiger partial charge on any atom is 0.260 e. The second-order valence-corrected chi connectivity index (χ2v) is 4.45. The fourth-order valence-electron chi connectivity index (χ4n) is 1.30. The van der Waals surface area contributed by atoms with Gasteiger partial charge in [-0.15, -0.1) is 0 Å². The van der Waals surface area contributed by atoms with E-state index in [4.69, 9.17) is 11.6 Å². The van der Waals surface area contributed by atoms with Crippen molar-refractivity contribution in [3.8, 4) is 0 Å². The lowest BCUT2D eigenvalue weighted by molar-refractivity contribution is 0.102. The summed E-state index contributed by atoms with van der Waals surface area (Å²) in [5, 5.41) is 2.44. The number of nitrogens with zero attached hydrogens (tertiary/aromatic N) is 2. The van der Waals surface area contributed by atoms with Crippen LogP contribution in [0.25, 0.3) is 0 Å². The first-order valence-electron chi connectivity index (χ1n) is 4.82. The van der Waals surface area contributed by atoms with Crippen LogP contribution in [0.4, 0.5) is 10.2 Å². The largest absolute Gasteiger partial charge is 0.306 e. The third kappa shape index (κ3) is 2.83. The molecule has 1 heterocycles. The maximum atomic E-state index is 13.5. The van der Waals surface area contributed by atoms with Crippen LogP contribution in [-0.2, 0) is 0 Å². The molecule has 0 radical (unpaired) electrons. The lowest BCUT2D eigenvalue weighted by Crippen LogP contribution is -2.15. The molecule has 0 aliphatic carbocycles. The van der Waals surface area contributed by atoms with Crippen LogP contribution in [0, 0.1) is 5.82 Å². The quantitative estimate of drug-likeness (QED) is 0.860. The molecule has 0 bridgehead atoms. The van der Waals surface area contributed by atoms with Crippen LogP contribution < -0.4 is 5.32 Å². The van der Waals surface area contributed by atoms with Gasteiger partial charge < -0.3 is 5.32 Å². The van der Waals surface area contributed by atoms with Crippen molar-refractivity contribution in [3.05, 3.63) is 51.6 Å². The van der Waals surface area contributed by atoms with E-state index in [9.17, 15) is 9.18 Å². The predicted molar refractivity (Wildman–Crippen MR) is 69.1 cm³/mol. The average Bonchev–Trinajstić information content (AvgIpc) is 2.28. The predicted octanol–water partition coefficient (Wildman–Crippen LogP) is 3.28. The van der Waals surface area contributed by atoms with E-state index >= 15 is 0 Å². The fraction of sp³-hybridized carbons (Fsp3) is 0. The highest BCUT2D eigenvalue weighted by Crippen LogP contribution is 2.20. The molecule has 1 aromatic heterocycles. The zero-order valence-electron chi connectivity index (χ0n) is 8.82. The number of benzene rings is 1. The average molecular weight is 331 g/mol. The summed E-state index contributed by atoms with van der Waals surface area (Å²) in [7, 11) is 0. The van der Waals surface area contributed by atoms with E-state index in [-0.39, 0.29) is 16.7 Å². The molecule has 0 spiro atoms. The van der Waals surface area contributed by atoms with Crippen molar-refractivity contribution >= 4 is 39.3 Å². The SMILES string of the molecule is O=C(Nc1ccnc(Cl)n1)c1c(F)cccc1Br. The number of amides is 1. The van der Waals surface area contributed by atoms with Gasteiger partial charge in [0.1, 0.15) is 11.6 Å². The van der Waals surface area contributed by atoms with Gasteiger partial charge in [0.05, 0.1) is 5.56 Å². The third-order valence-electron chi connectivity index (χ3n) is 2.06. The van der Waals surface area contributed by atoms with Gasteiger partial charge in [0, 0.05) is 10.7 Å². The van der Waals surface area contributed by atoms with Gasteiger partial charge in [-0.1, -0.05) is 6.07 Å². The first-order chi connectivity index (χ1) is 8.58. The number of nitrogens with one attached hydrogen (secondary N) is 1. The number of hydrogen-bond donors (Lipinski definition) is 1. The molecule has 1 N–H and O–H groups in total. The molecule has 1 aromatic carbocycles. The number of halogens is 3. The molecule has 1 amide bonds. The van der Waals surface area contributed by atoms with Crippen LogP contribution >= 0.6 is 27.5 Å². The fourth-order valence-corrected chi connectivity index (χ4v) is 1.97.